The van der Waals surface area contributed by atoms with Crippen LogP contribution >= 0.6 is 0 Å². The van der Waals surface area contributed by atoms with Crippen LogP contribution in [0.25, 0.3) is 0 Å². The van der Waals surface area contributed by atoms with Gasteiger partial charge in [0.2, 0.25) is 5.91 Å². The number of nitrogens with one attached hydrogen (secondary N) is 1. The summed E-state index contributed by atoms with van der Waals surface area (Å²) >= 11 is 0. The molecule has 1 N–H and O–H groups in total. The van der Waals surface area contributed by atoms with Gasteiger partial charge < -0.3 is 14.8 Å². The van der Waals surface area contributed by atoms with Gasteiger partial charge in [-0.1, -0.05) is 12.1 Å². The molecule has 0 bridgehead atoms. The lowest BCUT2D eigenvalue weighted by Gasteiger charge is -2.09. The predicted octanol–water partition coefficient (Wildman–Crippen LogP) is 2.67. The largest absolute Gasteiger partial charge is 0.493 e. The van der Waals surface area contributed by atoms with Crippen molar-refractivity contribution in [2.75, 3.05) is 19.5 Å². The van der Waals surface area contributed by atoms with Gasteiger partial charge in [-0.2, -0.15) is 0 Å². The molecule has 21 heavy (non-hydrogen) atoms. The maximum Gasteiger partial charge on any atom is 0.225 e. The molecule has 0 atom stereocenters. The van der Waals surface area contributed by atoms with Crippen LogP contribution < -0.4 is 14.8 Å². The zero-order valence-electron chi connectivity index (χ0n) is 12.1. The summed E-state index contributed by atoms with van der Waals surface area (Å²) in [6, 6.07) is 11.0. The monoisotopic (exact) mass is 286 g/mol. The first-order valence-electron chi connectivity index (χ1n) is 6.64. The number of rotatable bonds is 6. The fourth-order valence-corrected chi connectivity index (χ4v) is 1.94. The van der Waals surface area contributed by atoms with Crippen LogP contribution in [0.5, 0.6) is 11.5 Å². The first-order chi connectivity index (χ1) is 10.2. The molecule has 0 saturated carbocycles. The molecule has 1 amide bonds. The molecule has 1 aromatic heterocycles. The van der Waals surface area contributed by atoms with Crippen molar-refractivity contribution in [1.29, 1.82) is 0 Å². The molecule has 2 rings (SSSR count). The van der Waals surface area contributed by atoms with Crippen LogP contribution in [0.1, 0.15) is 12.0 Å². The van der Waals surface area contributed by atoms with Crippen molar-refractivity contribution in [2.24, 2.45) is 0 Å². The number of carbonyl (C=O) groups is 1. The van der Waals surface area contributed by atoms with E-state index in [1.165, 1.54) is 0 Å². The van der Waals surface area contributed by atoms with Crippen LogP contribution in [0, 0.1) is 0 Å². The van der Waals surface area contributed by atoms with E-state index in [-0.39, 0.29) is 5.91 Å². The van der Waals surface area contributed by atoms with Crippen molar-refractivity contribution in [3.05, 3.63) is 48.2 Å². The number of carbonyl (C=O) groups excluding carboxylic acids is 1. The fourth-order valence-electron chi connectivity index (χ4n) is 1.94. The van der Waals surface area contributed by atoms with Crippen LogP contribution in [0.2, 0.25) is 0 Å². The van der Waals surface area contributed by atoms with Gasteiger partial charge in [0.15, 0.2) is 11.5 Å². The Balaban J connectivity index is 1.92. The minimum Gasteiger partial charge on any atom is -0.493 e. The minimum absolute atomic E-state index is 0.0662. The molecule has 1 heterocycles. The summed E-state index contributed by atoms with van der Waals surface area (Å²) in [6.45, 7) is 0. The van der Waals surface area contributed by atoms with E-state index in [9.17, 15) is 4.79 Å². The smallest absolute Gasteiger partial charge is 0.225 e. The van der Waals surface area contributed by atoms with Crippen molar-refractivity contribution in [3.63, 3.8) is 0 Å². The van der Waals surface area contributed by atoms with Gasteiger partial charge in [0.1, 0.15) is 5.82 Å². The molecule has 0 aliphatic rings. The van der Waals surface area contributed by atoms with Gasteiger partial charge in [-0.3, -0.25) is 4.79 Å². The number of nitrogens with zero attached hydrogens (tertiary/aromatic N) is 1. The number of hydrogen-bond donors (Lipinski definition) is 1. The molecule has 0 aliphatic heterocycles. The summed E-state index contributed by atoms with van der Waals surface area (Å²) in [6.07, 6.45) is 2.65. The Hall–Kier alpha value is -2.56. The molecule has 0 fully saturated rings. The Morgan fingerprint density at radius 2 is 1.95 bits per heavy atom. The van der Waals surface area contributed by atoms with Gasteiger partial charge in [0, 0.05) is 12.6 Å². The highest BCUT2D eigenvalue weighted by atomic mass is 16.5. The number of hydrogen-bond acceptors (Lipinski definition) is 4. The molecule has 110 valence electrons. The van der Waals surface area contributed by atoms with Crippen LogP contribution in [-0.2, 0) is 11.2 Å². The van der Waals surface area contributed by atoms with Gasteiger partial charge in [0.25, 0.3) is 0 Å². The Labute approximate surface area is 123 Å². The van der Waals surface area contributed by atoms with Crippen LogP contribution in [0.15, 0.2) is 42.6 Å². The average molecular weight is 286 g/mol. The molecular formula is C16H18N2O3. The number of anilines is 1. The topological polar surface area (TPSA) is 60.5 Å². The summed E-state index contributed by atoms with van der Waals surface area (Å²) in [5.74, 6) is 1.85. The third-order valence-electron chi connectivity index (χ3n) is 3.02. The highest BCUT2D eigenvalue weighted by molar-refractivity contribution is 5.89. The van der Waals surface area contributed by atoms with E-state index in [2.05, 4.69) is 10.3 Å². The van der Waals surface area contributed by atoms with Crippen molar-refractivity contribution in [2.45, 2.75) is 12.8 Å². The first-order valence-corrected chi connectivity index (χ1v) is 6.64. The Bertz CT molecular complexity index is 600. The lowest BCUT2D eigenvalue weighted by atomic mass is 10.1. The lowest BCUT2D eigenvalue weighted by molar-refractivity contribution is -0.116. The number of ether oxygens (including phenoxy) is 2. The predicted molar refractivity (Wildman–Crippen MR) is 80.7 cm³/mol. The number of aromatic nitrogens is 1. The molecule has 0 spiro atoms. The highest BCUT2D eigenvalue weighted by Gasteiger charge is 2.07. The van der Waals surface area contributed by atoms with E-state index >= 15 is 0 Å². The van der Waals surface area contributed by atoms with E-state index in [1.807, 2.05) is 24.3 Å². The van der Waals surface area contributed by atoms with Crippen molar-refractivity contribution >= 4 is 11.7 Å². The van der Waals surface area contributed by atoms with Crippen molar-refractivity contribution in [3.8, 4) is 11.5 Å². The molecule has 5 nitrogen and oxygen atoms in total. The molecule has 0 unspecified atom stereocenters. The highest BCUT2D eigenvalue weighted by Crippen LogP contribution is 2.27. The summed E-state index contributed by atoms with van der Waals surface area (Å²) in [5.41, 5.74) is 1.02. The third kappa shape index (κ3) is 4.21. The van der Waals surface area contributed by atoms with Gasteiger partial charge in [-0.05, 0) is 36.2 Å². The Kier molecular flexibility index (Phi) is 5.15. The molecule has 2 aromatic rings. The van der Waals surface area contributed by atoms with Crippen molar-refractivity contribution < 1.29 is 14.3 Å². The summed E-state index contributed by atoms with van der Waals surface area (Å²) in [7, 11) is 3.19. The van der Waals surface area contributed by atoms with E-state index in [0.29, 0.717) is 30.2 Å². The number of amides is 1. The van der Waals surface area contributed by atoms with Crippen LogP contribution in [0.3, 0.4) is 0 Å². The normalized spacial score (nSPS) is 10.0. The standard InChI is InChI=1S/C16H18N2O3/c1-20-13-8-6-12(11-14(13)21-2)7-9-16(19)18-15-5-3-4-10-17-15/h3-6,8,10-11H,7,9H2,1-2H3,(H,17,18,19). The molecule has 0 saturated heterocycles. The zero-order chi connectivity index (χ0) is 15.1. The SMILES string of the molecule is COc1ccc(CCC(=O)Nc2ccccn2)cc1OC. The Morgan fingerprint density at radius 1 is 1.14 bits per heavy atom. The number of aryl methyl sites for hydroxylation is 1. The molecule has 0 aliphatic carbocycles. The summed E-state index contributed by atoms with van der Waals surface area (Å²) in [4.78, 5) is 15.9. The lowest BCUT2D eigenvalue weighted by Crippen LogP contribution is -2.13. The van der Waals surface area contributed by atoms with Gasteiger partial charge in [-0.15, -0.1) is 0 Å². The van der Waals surface area contributed by atoms with Crippen LogP contribution in [-0.4, -0.2) is 25.1 Å². The average Bonchev–Trinajstić information content (AvgIpc) is 2.53. The number of methoxy groups -OCH3 is 2. The van der Waals surface area contributed by atoms with Crippen LogP contribution in [0.4, 0.5) is 5.82 Å². The van der Waals surface area contributed by atoms with E-state index in [4.69, 9.17) is 9.47 Å². The van der Waals surface area contributed by atoms with E-state index in [1.54, 1.807) is 32.5 Å². The van der Waals surface area contributed by atoms with E-state index < -0.39 is 0 Å². The maximum absolute atomic E-state index is 11.9. The third-order valence-corrected chi connectivity index (χ3v) is 3.02. The second-order valence-corrected chi connectivity index (χ2v) is 4.45. The van der Waals surface area contributed by atoms with Gasteiger partial charge in [-0.25, -0.2) is 4.98 Å². The first kappa shape index (κ1) is 14.8. The van der Waals surface area contributed by atoms with Gasteiger partial charge in [0.05, 0.1) is 14.2 Å². The quantitative estimate of drug-likeness (QED) is 0.887. The second-order valence-electron chi connectivity index (χ2n) is 4.45. The summed E-state index contributed by atoms with van der Waals surface area (Å²) in [5, 5.41) is 2.76. The number of benzene rings is 1. The molecule has 0 radical (unpaired) electrons. The number of pyridine rings is 1. The second kappa shape index (κ2) is 7.28. The summed E-state index contributed by atoms with van der Waals surface area (Å²) < 4.78 is 10.4. The fraction of sp³-hybridized carbons (Fsp3) is 0.250. The molecular weight excluding hydrogens is 268 g/mol. The maximum atomic E-state index is 11.9. The zero-order valence-corrected chi connectivity index (χ0v) is 12.1. The van der Waals surface area contributed by atoms with E-state index in [0.717, 1.165) is 5.56 Å². The Morgan fingerprint density at radius 3 is 2.62 bits per heavy atom. The minimum atomic E-state index is -0.0662. The van der Waals surface area contributed by atoms with Gasteiger partial charge >= 0.3 is 0 Å². The van der Waals surface area contributed by atoms with Crippen molar-refractivity contribution in [1.82, 2.24) is 4.98 Å². The molecule has 1 aromatic carbocycles. The molecule has 5 heteroatoms.